The fourth-order valence-corrected chi connectivity index (χ4v) is 2.47. The lowest BCUT2D eigenvalue weighted by Gasteiger charge is -2.29. The third-order valence-electron chi connectivity index (χ3n) is 3.45. The Labute approximate surface area is 99.6 Å². The number of hydrogen-bond donors (Lipinski definition) is 0. The fraction of sp³-hybridized carbons (Fsp3) is 0.727. The molecule has 1 aromatic rings. The van der Waals surface area contributed by atoms with Gasteiger partial charge in [0.1, 0.15) is 11.9 Å². The molecule has 2 aliphatic rings. The molecule has 2 aliphatic heterocycles. The van der Waals surface area contributed by atoms with Crippen molar-refractivity contribution in [2.24, 2.45) is 0 Å². The zero-order chi connectivity index (χ0) is 11.8. The van der Waals surface area contributed by atoms with Crippen LogP contribution in [0.5, 0.6) is 0 Å². The van der Waals surface area contributed by atoms with E-state index in [0.717, 1.165) is 37.6 Å². The van der Waals surface area contributed by atoms with E-state index in [1.807, 2.05) is 11.8 Å². The molecule has 0 N–H and O–H groups in total. The first kappa shape index (κ1) is 10.7. The summed E-state index contributed by atoms with van der Waals surface area (Å²) in [5.41, 5.74) is 0. The second-order valence-corrected chi connectivity index (χ2v) is 4.58. The van der Waals surface area contributed by atoms with Crippen molar-refractivity contribution in [2.75, 3.05) is 13.2 Å². The number of amides is 1. The number of ether oxygens (including phenoxy) is 1. The van der Waals surface area contributed by atoms with Crippen LogP contribution in [0.4, 0.5) is 0 Å². The van der Waals surface area contributed by atoms with Gasteiger partial charge in [0, 0.05) is 19.7 Å². The molecule has 1 amide bonds. The Morgan fingerprint density at radius 2 is 2.29 bits per heavy atom. The van der Waals surface area contributed by atoms with Crippen LogP contribution in [0.3, 0.4) is 0 Å². The summed E-state index contributed by atoms with van der Waals surface area (Å²) in [5, 5.41) is 8.13. The first-order valence-electron chi connectivity index (χ1n) is 6.05. The van der Waals surface area contributed by atoms with Gasteiger partial charge in [-0.2, -0.15) is 0 Å². The summed E-state index contributed by atoms with van der Waals surface area (Å²) >= 11 is 0. The van der Waals surface area contributed by atoms with Gasteiger partial charge in [-0.25, -0.2) is 0 Å². The van der Waals surface area contributed by atoms with Crippen LogP contribution in [0.15, 0.2) is 0 Å². The van der Waals surface area contributed by atoms with Crippen LogP contribution in [0.25, 0.3) is 0 Å². The van der Waals surface area contributed by atoms with Crippen LogP contribution in [0.1, 0.15) is 24.5 Å². The van der Waals surface area contributed by atoms with E-state index in [9.17, 15) is 4.79 Å². The van der Waals surface area contributed by atoms with E-state index >= 15 is 0 Å². The summed E-state index contributed by atoms with van der Waals surface area (Å²) in [6.07, 6.45) is 1.60. The van der Waals surface area contributed by atoms with Crippen molar-refractivity contribution in [3.63, 3.8) is 0 Å². The van der Waals surface area contributed by atoms with Gasteiger partial charge < -0.3 is 14.2 Å². The van der Waals surface area contributed by atoms with Crippen LogP contribution in [0, 0.1) is 6.92 Å². The Kier molecular flexibility index (Phi) is 2.58. The van der Waals surface area contributed by atoms with E-state index in [4.69, 9.17) is 4.74 Å². The molecule has 0 spiro atoms. The minimum Gasteiger partial charge on any atom is -0.368 e. The van der Waals surface area contributed by atoms with E-state index in [1.54, 1.807) is 0 Å². The molecule has 6 heteroatoms. The summed E-state index contributed by atoms with van der Waals surface area (Å²) in [6, 6.07) is 0. The van der Waals surface area contributed by atoms with Gasteiger partial charge in [0.05, 0.1) is 6.54 Å². The monoisotopic (exact) mass is 236 g/mol. The average molecular weight is 236 g/mol. The smallest absolute Gasteiger partial charge is 0.252 e. The maximum atomic E-state index is 12.2. The number of carbonyl (C=O) groups excluding carboxylic acids is 1. The number of rotatable bonds is 1. The molecule has 3 heterocycles. The average Bonchev–Trinajstić information content (AvgIpc) is 2.98. The van der Waals surface area contributed by atoms with Gasteiger partial charge in [-0.3, -0.25) is 4.79 Å². The summed E-state index contributed by atoms with van der Waals surface area (Å²) in [7, 11) is 0. The number of aryl methyl sites for hydroxylation is 1. The Hall–Kier alpha value is -1.43. The standard InChI is InChI=1S/C11H16N4O2/c1-8-12-13-10-7-14(4-5-15(8)10)11(16)9-3-2-6-17-9/h9H,2-7H2,1H3. The lowest BCUT2D eigenvalue weighted by molar-refractivity contribution is -0.142. The Morgan fingerprint density at radius 1 is 1.41 bits per heavy atom. The SMILES string of the molecule is Cc1nnc2n1CCN(C(=O)C1CCCO1)C2. The zero-order valence-corrected chi connectivity index (χ0v) is 9.93. The predicted molar refractivity (Wildman–Crippen MR) is 59.2 cm³/mol. The van der Waals surface area contributed by atoms with Crippen molar-refractivity contribution in [1.29, 1.82) is 0 Å². The molecule has 1 saturated heterocycles. The summed E-state index contributed by atoms with van der Waals surface area (Å²) < 4.78 is 7.50. The molecule has 3 rings (SSSR count). The number of fused-ring (bicyclic) bond motifs is 1. The van der Waals surface area contributed by atoms with Crippen molar-refractivity contribution in [1.82, 2.24) is 19.7 Å². The van der Waals surface area contributed by atoms with Gasteiger partial charge in [-0.05, 0) is 19.8 Å². The van der Waals surface area contributed by atoms with Crippen molar-refractivity contribution >= 4 is 5.91 Å². The van der Waals surface area contributed by atoms with Crippen LogP contribution in [-0.2, 0) is 22.6 Å². The van der Waals surface area contributed by atoms with Gasteiger partial charge in [0.25, 0.3) is 5.91 Å². The predicted octanol–water partition coefficient (Wildman–Crippen LogP) is 0.108. The Bertz CT molecular complexity index is 437. The van der Waals surface area contributed by atoms with E-state index in [0.29, 0.717) is 13.2 Å². The topological polar surface area (TPSA) is 60.2 Å². The van der Waals surface area contributed by atoms with Gasteiger partial charge >= 0.3 is 0 Å². The summed E-state index contributed by atoms with van der Waals surface area (Å²) in [4.78, 5) is 14.0. The highest BCUT2D eigenvalue weighted by molar-refractivity contribution is 5.81. The van der Waals surface area contributed by atoms with Crippen LogP contribution >= 0.6 is 0 Å². The van der Waals surface area contributed by atoms with E-state index < -0.39 is 0 Å². The molecule has 0 radical (unpaired) electrons. The van der Waals surface area contributed by atoms with Gasteiger partial charge in [-0.1, -0.05) is 0 Å². The molecule has 1 unspecified atom stereocenters. The number of aromatic nitrogens is 3. The molecule has 6 nitrogen and oxygen atoms in total. The first-order chi connectivity index (χ1) is 8.25. The lowest BCUT2D eigenvalue weighted by Crippen LogP contribution is -2.43. The molecule has 0 bridgehead atoms. The molecule has 1 aromatic heterocycles. The van der Waals surface area contributed by atoms with Crippen LogP contribution in [-0.4, -0.2) is 44.8 Å². The normalized spacial score (nSPS) is 23.8. The number of nitrogens with zero attached hydrogens (tertiary/aromatic N) is 4. The minimum atomic E-state index is -0.231. The highest BCUT2D eigenvalue weighted by atomic mass is 16.5. The highest BCUT2D eigenvalue weighted by Gasteiger charge is 2.31. The van der Waals surface area contributed by atoms with Crippen molar-refractivity contribution in [2.45, 2.75) is 39.0 Å². The maximum absolute atomic E-state index is 12.2. The van der Waals surface area contributed by atoms with Crippen molar-refractivity contribution < 1.29 is 9.53 Å². The molecular weight excluding hydrogens is 220 g/mol. The summed E-state index contributed by atoms with van der Waals surface area (Å²) in [5.74, 6) is 1.90. The molecule has 1 fully saturated rings. The third-order valence-corrected chi connectivity index (χ3v) is 3.45. The largest absolute Gasteiger partial charge is 0.368 e. The molecule has 17 heavy (non-hydrogen) atoms. The van der Waals surface area contributed by atoms with Gasteiger partial charge in [-0.15, -0.1) is 10.2 Å². The summed E-state index contributed by atoms with van der Waals surface area (Å²) in [6.45, 7) is 4.71. The molecule has 92 valence electrons. The molecule has 0 aromatic carbocycles. The van der Waals surface area contributed by atoms with Crippen LogP contribution in [0.2, 0.25) is 0 Å². The highest BCUT2D eigenvalue weighted by Crippen LogP contribution is 2.18. The van der Waals surface area contributed by atoms with E-state index in [2.05, 4.69) is 14.8 Å². The number of carbonyl (C=O) groups is 1. The van der Waals surface area contributed by atoms with Crippen molar-refractivity contribution in [3.05, 3.63) is 11.6 Å². The van der Waals surface area contributed by atoms with E-state index in [-0.39, 0.29) is 12.0 Å². The molecular formula is C11H16N4O2. The first-order valence-corrected chi connectivity index (χ1v) is 6.05. The molecule has 1 atom stereocenters. The fourth-order valence-electron chi connectivity index (χ4n) is 2.47. The zero-order valence-electron chi connectivity index (χ0n) is 9.93. The third kappa shape index (κ3) is 1.82. The molecule has 0 aliphatic carbocycles. The molecule has 0 saturated carbocycles. The Balaban J connectivity index is 1.73. The quantitative estimate of drug-likeness (QED) is 0.694. The lowest BCUT2D eigenvalue weighted by atomic mass is 10.2. The van der Waals surface area contributed by atoms with E-state index in [1.165, 1.54) is 0 Å². The second kappa shape index (κ2) is 4.10. The maximum Gasteiger partial charge on any atom is 0.252 e. The minimum absolute atomic E-state index is 0.106. The number of hydrogen-bond acceptors (Lipinski definition) is 4. The van der Waals surface area contributed by atoms with Gasteiger partial charge in [0.2, 0.25) is 0 Å². The van der Waals surface area contributed by atoms with Crippen molar-refractivity contribution in [3.8, 4) is 0 Å². The van der Waals surface area contributed by atoms with Gasteiger partial charge in [0.15, 0.2) is 5.82 Å². The Morgan fingerprint density at radius 3 is 3.06 bits per heavy atom. The van der Waals surface area contributed by atoms with Crippen LogP contribution < -0.4 is 0 Å². The second-order valence-electron chi connectivity index (χ2n) is 4.58.